The molecule has 0 saturated carbocycles. The molecule has 2 saturated heterocycles. The smallest absolute Gasteiger partial charge is 0.254 e. The molecule has 2 fully saturated rings. The summed E-state index contributed by atoms with van der Waals surface area (Å²) in [5.41, 5.74) is 1.65. The zero-order chi connectivity index (χ0) is 20.1. The Morgan fingerprint density at radius 3 is 2.38 bits per heavy atom. The van der Waals surface area contributed by atoms with Crippen LogP contribution in [0.5, 0.6) is 5.75 Å². The maximum atomic E-state index is 12.8. The van der Waals surface area contributed by atoms with Gasteiger partial charge in [0.1, 0.15) is 5.75 Å². The van der Waals surface area contributed by atoms with Gasteiger partial charge in [0.15, 0.2) is 0 Å². The summed E-state index contributed by atoms with van der Waals surface area (Å²) in [6, 6.07) is 5.56. The summed E-state index contributed by atoms with van der Waals surface area (Å²) in [6.07, 6.45) is 2.95. The van der Waals surface area contributed by atoms with Crippen LogP contribution in [0.2, 0.25) is 0 Å². The van der Waals surface area contributed by atoms with Crippen molar-refractivity contribution in [3.8, 4) is 5.75 Å². The minimum atomic E-state index is 0. The molecule has 0 aromatic heterocycles. The molecule has 2 amide bonds. The van der Waals surface area contributed by atoms with E-state index in [9.17, 15) is 9.59 Å². The quantitative estimate of drug-likeness (QED) is 0.791. The molecule has 29 heavy (non-hydrogen) atoms. The third kappa shape index (κ3) is 5.86. The van der Waals surface area contributed by atoms with Gasteiger partial charge in [0.05, 0.1) is 7.11 Å². The van der Waals surface area contributed by atoms with Crippen LogP contribution in [0.25, 0.3) is 0 Å². The number of nitrogens with one attached hydrogen (secondary N) is 1. The fourth-order valence-electron chi connectivity index (χ4n) is 4.28. The average molecular weight is 424 g/mol. The van der Waals surface area contributed by atoms with Crippen LogP contribution in [0.1, 0.15) is 42.1 Å². The Balaban J connectivity index is 0.00000300. The molecule has 0 bridgehead atoms. The van der Waals surface area contributed by atoms with E-state index >= 15 is 0 Å². The van der Waals surface area contributed by atoms with Crippen molar-refractivity contribution in [2.45, 2.75) is 33.1 Å². The van der Waals surface area contributed by atoms with E-state index in [-0.39, 0.29) is 24.2 Å². The topological polar surface area (TPSA) is 61.9 Å². The number of methoxy groups -OCH3 is 1. The summed E-state index contributed by atoms with van der Waals surface area (Å²) in [6.45, 7) is 8.70. The third-order valence-electron chi connectivity index (χ3n) is 6.26. The lowest BCUT2D eigenvalue weighted by Gasteiger charge is -2.36. The first kappa shape index (κ1) is 23.5. The molecule has 0 aliphatic carbocycles. The van der Waals surface area contributed by atoms with Crippen LogP contribution in [0.15, 0.2) is 18.2 Å². The van der Waals surface area contributed by atoms with Gasteiger partial charge in [0.25, 0.3) is 5.91 Å². The van der Waals surface area contributed by atoms with Crippen LogP contribution in [0.4, 0.5) is 0 Å². The Labute approximate surface area is 180 Å². The van der Waals surface area contributed by atoms with Crippen molar-refractivity contribution in [3.05, 3.63) is 29.3 Å². The number of benzene rings is 1. The summed E-state index contributed by atoms with van der Waals surface area (Å²) < 4.78 is 5.33. The number of carbonyl (C=O) groups is 2. The van der Waals surface area contributed by atoms with Crippen molar-refractivity contribution in [2.24, 2.45) is 11.8 Å². The first-order valence-corrected chi connectivity index (χ1v) is 10.4. The van der Waals surface area contributed by atoms with Gasteiger partial charge >= 0.3 is 0 Å². The highest BCUT2D eigenvalue weighted by molar-refractivity contribution is 5.95. The Bertz CT molecular complexity index is 699. The molecule has 1 atom stereocenters. The molecule has 2 aliphatic heterocycles. The Morgan fingerprint density at radius 2 is 1.76 bits per heavy atom. The molecule has 2 aliphatic rings. The van der Waals surface area contributed by atoms with Gasteiger partial charge in [-0.1, -0.05) is 13.0 Å². The second-order valence-electron chi connectivity index (χ2n) is 8.13. The van der Waals surface area contributed by atoms with E-state index in [0.717, 1.165) is 37.2 Å². The summed E-state index contributed by atoms with van der Waals surface area (Å²) >= 11 is 0. The van der Waals surface area contributed by atoms with Crippen LogP contribution in [-0.4, -0.2) is 68.0 Å². The second kappa shape index (κ2) is 10.8. The largest absolute Gasteiger partial charge is 0.496 e. The molecule has 2 heterocycles. The van der Waals surface area contributed by atoms with Gasteiger partial charge in [-0.3, -0.25) is 9.59 Å². The maximum absolute atomic E-state index is 12.8. The zero-order valence-electron chi connectivity index (χ0n) is 17.8. The molecule has 1 unspecified atom stereocenters. The normalized spacial score (nSPS) is 18.7. The van der Waals surface area contributed by atoms with Gasteiger partial charge < -0.3 is 19.9 Å². The first-order chi connectivity index (χ1) is 13.5. The monoisotopic (exact) mass is 423 g/mol. The molecular formula is C22H34ClN3O3. The van der Waals surface area contributed by atoms with Gasteiger partial charge in [-0.25, -0.2) is 0 Å². The minimum Gasteiger partial charge on any atom is -0.496 e. The number of piperidine rings is 1. The van der Waals surface area contributed by atoms with Crippen LogP contribution in [-0.2, 0) is 4.79 Å². The van der Waals surface area contributed by atoms with Crippen molar-refractivity contribution in [2.75, 3.05) is 46.4 Å². The van der Waals surface area contributed by atoms with E-state index in [2.05, 4.69) is 12.2 Å². The predicted molar refractivity (Wildman–Crippen MR) is 117 cm³/mol. The Morgan fingerprint density at radius 1 is 1.14 bits per heavy atom. The molecule has 3 rings (SSSR count). The SMILES string of the molecule is COc1cc(C(=O)N2CCN(C(=O)CC(C)C3CCNCC3)CC2)ccc1C.Cl. The third-order valence-corrected chi connectivity index (χ3v) is 6.26. The number of halogens is 1. The number of piperazine rings is 1. The fraction of sp³-hybridized carbons (Fsp3) is 0.636. The zero-order valence-corrected chi connectivity index (χ0v) is 18.6. The molecule has 0 spiro atoms. The van der Waals surface area contributed by atoms with Gasteiger partial charge in [-0.2, -0.15) is 0 Å². The van der Waals surface area contributed by atoms with E-state index in [1.807, 2.05) is 28.9 Å². The maximum Gasteiger partial charge on any atom is 0.254 e. The highest BCUT2D eigenvalue weighted by Gasteiger charge is 2.28. The lowest BCUT2D eigenvalue weighted by Crippen LogP contribution is -2.51. The standard InChI is InChI=1S/C22H33N3O3.ClH/c1-16-4-5-19(15-20(16)28-3)22(27)25-12-10-24(11-13-25)21(26)14-17(2)18-6-8-23-9-7-18;/h4-5,15,17-18,23H,6-14H2,1-3H3;1H. The number of aryl methyl sites for hydroxylation is 1. The average Bonchev–Trinajstić information content (AvgIpc) is 2.74. The van der Waals surface area contributed by atoms with Gasteiger partial charge in [0, 0.05) is 38.2 Å². The number of rotatable bonds is 5. The van der Waals surface area contributed by atoms with Gasteiger partial charge in [-0.15, -0.1) is 12.4 Å². The lowest BCUT2D eigenvalue weighted by atomic mass is 9.84. The Kier molecular flexibility index (Phi) is 8.78. The van der Waals surface area contributed by atoms with Gasteiger partial charge in [0.2, 0.25) is 5.91 Å². The number of nitrogens with zero attached hydrogens (tertiary/aromatic N) is 2. The summed E-state index contributed by atoms with van der Waals surface area (Å²) in [5.74, 6) is 2.04. The van der Waals surface area contributed by atoms with E-state index in [0.29, 0.717) is 50.0 Å². The molecule has 6 nitrogen and oxygen atoms in total. The molecule has 1 aromatic rings. The van der Waals surface area contributed by atoms with E-state index in [4.69, 9.17) is 4.74 Å². The molecule has 7 heteroatoms. The molecule has 0 radical (unpaired) electrons. The molecule has 162 valence electrons. The van der Waals surface area contributed by atoms with Crippen LogP contribution in [0, 0.1) is 18.8 Å². The highest BCUT2D eigenvalue weighted by Crippen LogP contribution is 2.25. The lowest BCUT2D eigenvalue weighted by molar-refractivity contribution is -0.134. The van der Waals surface area contributed by atoms with Gasteiger partial charge in [-0.05, 0) is 62.4 Å². The summed E-state index contributed by atoms with van der Waals surface area (Å²) in [4.78, 5) is 29.3. The number of hydrogen-bond acceptors (Lipinski definition) is 4. The van der Waals surface area contributed by atoms with Crippen molar-refractivity contribution < 1.29 is 14.3 Å². The summed E-state index contributed by atoms with van der Waals surface area (Å²) in [7, 11) is 1.62. The van der Waals surface area contributed by atoms with Crippen molar-refractivity contribution in [1.29, 1.82) is 0 Å². The fourth-order valence-corrected chi connectivity index (χ4v) is 4.28. The first-order valence-electron chi connectivity index (χ1n) is 10.4. The van der Waals surface area contributed by atoms with E-state index in [1.54, 1.807) is 13.2 Å². The van der Waals surface area contributed by atoms with E-state index < -0.39 is 0 Å². The van der Waals surface area contributed by atoms with Crippen molar-refractivity contribution in [1.82, 2.24) is 15.1 Å². The van der Waals surface area contributed by atoms with Crippen LogP contribution >= 0.6 is 12.4 Å². The summed E-state index contributed by atoms with van der Waals surface area (Å²) in [5, 5.41) is 3.38. The molecule has 1 aromatic carbocycles. The number of carbonyl (C=O) groups excluding carboxylic acids is 2. The molecule has 1 N–H and O–H groups in total. The van der Waals surface area contributed by atoms with Crippen LogP contribution in [0.3, 0.4) is 0 Å². The second-order valence-corrected chi connectivity index (χ2v) is 8.13. The molecular weight excluding hydrogens is 390 g/mol. The number of ether oxygens (including phenoxy) is 1. The minimum absolute atomic E-state index is 0. The predicted octanol–water partition coefficient (Wildman–Crippen LogP) is 2.74. The number of hydrogen-bond donors (Lipinski definition) is 1. The van der Waals surface area contributed by atoms with Crippen LogP contribution < -0.4 is 10.1 Å². The Hall–Kier alpha value is -1.79. The number of amides is 2. The highest BCUT2D eigenvalue weighted by atomic mass is 35.5. The van der Waals surface area contributed by atoms with Crippen molar-refractivity contribution >= 4 is 24.2 Å². The van der Waals surface area contributed by atoms with Crippen molar-refractivity contribution in [3.63, 3.8) is 0 Å². The van der Waals surface area contributed by atoms with E-state index in [1.165, 1.54) is 0 Å².